The van der Waals surface area contributed by atoms with Crippen LogP contribution < -0.4 is 10.6 Å². The van der Waals surface area contributed by atoms with Gasteiger partial charge in [0.1, 0.15) is 5.82 Å². The molecule has 0 aliphatic heterocycles. The van der Waals surface area contributed by atoms with Gasteiger partial charge >= 0.3 is 0 Å². The van der Waals surface area contributed by atoms with E-state index in [2.05, 4.69) is 26.6 Å². The number of carbonyl (C=O) groups is 2. The first-order valence-electron chi connectivity index (χ1n) is 8.07. The van der Waals surface area contributed by atoms with Gasteiger partial charge in [0.25, 0.3) is 0 Å². The molecule has 2 aromatic rings. The van der Waals surface area contributed by atoms with Crippen LogP contribution in [0.3, 0.4) is 0 Å². The highest BCUT2D eigenvalue weighted by Gasteiger charge is 2.07. The minimum absolute atomic E-state index is 0.0990. The van der Waals surface area contributed by atoms with Gasteiger partial charge in [-0.1, -0.05) is 18.2 Å². The predicted molar refractivity (Wildman–Crippen MR) is 103 cm³/mol. The van der Waals surface area contributed by atoms with Crippen LogP contribution in [0.5, 0.6) is 0 Å². The van der Waals surface area contributed by atoms with E-state index in [0.29, 0.717) is 23.2 Å². The molecule has 2 N–H and O–H groups in total. The smallest absolute Gasteiger partial charge is 0.238 e. The molecule has 0 unspecified atom stereocenters. The standard InChI is InChI=1S/C19H21BrFN3O2/c1-24(2)12-19(26)23-15-5-3-4-14(8-15)11-22-18(25)10-13-6-7-17(21)16(20)9-13/h3-9H,10-12H2,1-2H3,(H,22,25)(H,23,26). The lowest BCUT2D eigenvalue weighted by atomic mass is 10.1. The van der Waals surface area contributed by atoms with E-state index in [1.165, 1.54) is 6.07 Å². The van der Waals surface area contributed by atoms with Crippen molar-refractivity contribution in [2.75, 3.05) is 26.0 Å². The van der Waals surface area contributed by atoms with Crippen LogP contribution in [0.1, 0.15) is 11.1 Å². The van der Waals surface area contributed by atoms with Crippen molar-refractivity contribution < 1.29 is 14.0 Å². The maximum Gasteiger partial charge on any atom is 0.238 e. The molecule has 0 radical (unpaired) electrons. The van der Waals surface area contributed by atoms with Gasteiger partial charge in [-0.25, -0.2) is 4.39 Å². The summed E-state index contributed by atoms with van der Waals surface area (Å²) in [5, 5.41) is 5.64. The number of nitrogens with zero attached hydrogens (tertiary/aromatic N) is 1. The van der Waals surface area contributed by atoms with E-state index in [9.17, 15) is 14.0 Å². The molecular weight excluding hydrogens is 401 g/mol. The number of carbonyl (C=O) groups excluding carboxylic acids is 2. The summed E-state index contributed by atoms with van der Waals surface area (Å²) in [6.07, 6.45) is 0.165. The third-order valence-electron chi connectivity index (χ3n) is 3.51. The third-order valence-corrected chi connectivity index (χ3v) is 4.12. The van der Waals surface area contributed by atoms with Gasteiger partial charge in [0.15, 0.2) is 0 Å². The number of nitrogens with one attached hydrogen (secondary N) is 2. The van der Waals surface area contributed by atoms with Gasteiger partial charge in [-0.15, -0.1) is 0 Å². The van der Waals surface area contributed by atoms with Crippen molar-refractivity contribution in [3.05, 3.63) is 63.9 Å². The molecule has 0 aliphatic rings. The van der Waals surface area contributed by atoms with E-state index in [1.807, 2.05) is 32.3 Å². The van der Waals surface area contributed by atoms with Gasteiger partial charge in [0, 0.05) is 12.2 Å². The molecule has 7 heteroatoms. The van der Waals surface area contributed by atoms with Gasteiger partial charge < -0.3 is 15.5 Å². The number of amides is 2. The van der Waals surface area contributed by atoms with Crippen LogP contribution >= 0.6 is 15.9 Å². The number of likely N-dealkylation sites (N-methyl/N-ethyl adjacent to an activating group) is 1. The molecule has 0 saturated heterocycles. The summed E-state index contributed by atoms with van der Waals surface area (Å²) in [7, 11) is 3.65. The number of benzene rings is 2. The summed E-state index contributed by atoms with van der Waals surface area (Å²) in [6, 6.07) is 11.8. The normalized spacial score (nSPS) is 10.7. The molecule has 26 heavy (non-hydrogen) atoms. The first-order chi connectivity index (χ1) is 12.3. The van der Waals surface area contributed by atoms with Gasteiger partial charge in [-0.2, -0.15) is 0 Å². The van der Waals surface area contributed by atoms with E-state index in [0.717, 1.165) is 11.1 Å². The monoisotopic (exact) mass is 421 g/mol. The summed E-state index contributed by atoms with van der Waals surface area (Å²) in [6.45, 7) is 0.646. The molecule has 5 nitrogen and oxygen atoms in total. The average Bonchev–Trinajstić information content (AvgIpc) is 2.56. The summed E-state index contributed by atoms with van der Waals surface area (Å²) >= 11 is 3.11. The number of hydrogen-bond acceptors (Lipinski definition) is 3. The van der Waals surface area contributed by atoms with E-state index >= 15 is 0 Å². The van der Waals surface area contributed by atoms with Crippen LogP contribution in [-0.4, -0.2) is 37.4 Å². The molecule has 0 fully saturated rings. The lowest BCUT2D eigenvalue weighted by Crippen LogP contribution is -2.27. The van der Waals surface area contributed by atoms with Crippen molar-refractivity contribution in [1.29, 1.82) is 0 Å². The van der Waals surface area contributed by atoms with Crippen LogP contribution in [0.4, 0.5) is 10.1 Å². The lowest BCUT2D eigenvalue weighted by molar-refractivity contribution is -0.120. The minimum atomic E-state index is -0.359. The Morgan fingerprint density at radius 3 is 2.54 bits per heavy atom. The Morgan fingerprint density at radius 1 is 1.08 bits per heavy atom. The fourth-order valence-electron chi connectivity index (χ4n) is 2.34. The Labute approximate surface area is 160 Å². The van der Waals surface area contributed by atoms with Crippen LogP contribution in [-0.2, 0) is 22.6 Å². The SMILES string of the molecule is CN(C)CC(=O)Nc1cccc(CNC(=O)Cc2ccc(F)c(Br)c2)c1. The van der Waals surface area contributed by atoms with E-state index in [1.54, 1.807) is 23.1 Å². The molecule has 2 rings (SSSR count). The topological polar surface area (TPSA) is 61.4 Å². The van der Waals surface area contributed by atoms with Crippen LogP contribution in [0, 0.1) is 5.82 Å². The van der Waals surface area contributed by atoms with Gasteiger partial charge in [0.05, 0.1) is 17.4 Å². The second-order valence-electron chi connectivity index (χ2n) is 6.19. The van der Waals surface area contributed by atoms with E-state index < -0.39 is 0 Å². The molecule has 0 bridgehead atoms. The Morgan fingerprint density at radius 2 is 1.85 bits per heavy atom. The van der Waals surface area contributed by atoms with E-state index in [4.69, 9.17) is 0 Å². The summed E-state index contributed by atoms with van der Waals surface area (Å²) in [4.78, 5) is 25.7. The molecule has 0 aromatic heterocycles. The van der Waals surface area contributed by atoms with Crippen molar-refractivity contribution in [3.63, 3.8) is 0 Å². The first kappa shape index (κ1) is 20.1. The van der Waals surface area contributed by atoms with Gasteiger partial charge in [-0.05, 0) is 65.4 Å². The maximum atomic E-state index is 13.2. The van der Waals surface area contributed by atoms with Gasteiger partial charge in [-0.3, -0.25) is 9.59 Å². The maximum absolute atomic E-state index is 13.2. The number of anilines is 1. The number of rotatable bonds is 7. The van der Waals surface area contributed by atoms with Crippen molar-refractivity contribution in [2.45, 2.75) is 13.0 Å². The molecule has 0 saturated carbocycles. The molecule has 2 amide bonds. The molecule has 2 aromatic carbocycles. The van der Waals surface area contributed by atoms with E-state index in [-0.39, 0.29) is 24.1 Å². The van der Waals surface area contributed by atoms with Crippen molar-refractivity contribution in [2.24, 2.45) is 0 Å². The predicted octanol–water partition coefficient (Wildman–Crippen LogP) is 2.95. The van der Waals surface area contributed by atoms with Crippen LogP contribution in [0.15, 0.2) is 46.9 Å². The zero-order valence-electron chi connectivity index (χ0n) is 14.7. The quantitative estimate of drug-likeness (QED) is 0.722. The van der Waals surface area contributed by atoms with Crippen molar-refractivity contribution >= 4 is 33.4 Å². The van der Waals surface area contributed by atoms with Crippen LogP contribution in [0.2, 0.25) is 0 Å². The largest absolute Gasteiger partial charge is 0.352 e. The molecule has 138 valence electrons. The fraction of sp³-hybridized carbons (Fsp3) is 0.263. The molecular formula is C19H21BrFN3O2. The fourth-order valence-corrected chi connectivity index (χ4v) is 2.77. The molecule has 0 aliphatic carbocycles. The first-order valence-corrected chi connectivity index (χ1v) is 8.87. The summed E-state index contributed by atoms with van der Waals surface area (Å²) in [5.41, 5.74) is 2.29. The van der Waals surface area contributed by atoms with Crippen molar-refractivity contribution in [3.8, 4) is 0 Å². The third kappa shape index (κ3) is 6.57. The van der Waals surface area contributed by atoms with Crippen molar-refractivity contribution in [1.82, 2.24) is 10.2 Å². The highest BCUT2D eigenvalue weighted by Crippen LogP contribution is 2.17. The van der Waals surface area contributed by atoms with Crippen LogP contribution in [0.25, 0.3) is 0 Å². The Bertz CT molecular complexity index is 796. The minimum Gasteiger partial charge on any atom is -0.352 e. The average molecular weight is 422 g/mol. The lowest BCUT2D eigenvalue weighted by Gasteiger charge is -2.11. The zero-order valence-corrected chi connectivity index (χ0v) is 16.3. The molecule has 0 atom stereocenters. The highest BCUT2D eigenvalue weighted by molar-refractivity contribution is 9.10. The summed E-state index contributed by atoms with van der Waals surface area (Å²) in [5.74, 6) is -0.620. The zero-order chi connectivity index (χ0) is 19.1. The molecule has 0 spiro atoms. The summed E-state index contributed by atoms with van der Waals surface area (Å²) < 4.78 is 13.6. The number of halogens is 2. The van der Waals surface area contributed by atoms with Gasteiger partial charge in [0.2, 0.25) is 11.8 Å². The highest BCUT2D eigenvalue weighted by atomic mass is 79.9. The second-order valence-corrected chi connectivity index (χ2v) is 7.04. The Kier molecular flexibility index (Phi) is 7.29. The molecule has 0 heterocycles. The Hall–Kier alpha value is -2.25. The Balaban J connectivity index is 1.88. The second kappa shape index (κ2) is 9.45. The number of hydrogen-bond donors (Lipinski definition) is 2.